The lowest BCUT2D eigenvalue weighted by molar-refractivity contribution is 0.602. The van der Waals surface area contributed by atoms with Gasteiger partial charge in [0, 0.05) is 6.26 Å². The molecule has 2 aromatic carbocycles. The van der Waals surface area contributed by atoms with Crippen molar-refractivity contribution in [3.63, 3.8) is 0 Å². The first-order valence-electron chi connectivity index (χ1n) is 8.98. The molecule has 0 atom stereocenters. The Morgan fingerprint density at radius 1 is 0.929 bits per heavy atom. The Bertz CT molecular complexity index is 1200. The number of benzene rings is 2. The standard InChI is InChI=1S/C23H20N2O2S/c1-28(26,27)23-13-8-17(9-14-23)6-11-21-16-22(25-24-21)12-7-18-5-10-19-3-2-4-20(19)15-18/h2-3,5-16H,4H2,1H3,(H,24,25)/b11-6+,12-7+. The van der Waals surface area contributed by atoms with Gasteiger partial charge < -0.3 is 0 Å². The third kappa shape index (κ3) is 4.21. The van der Waals surface area contributed by atoms with Gasteiger partial charge in [-0.1, -0.05) is 54.6 Å². The summed E-state index contributed by atoms with van der Waals surface area (Å²) < 4.78 is 23.0. The van der Waals surface area contributed by atoms with Crippen LogP contribution in [0.5, 0.6) is 0 Å². The summed E-state index contributed by atoms with van der Waals surface area (Å²) in [5, 5.41) is 7.30. The molecular weight excluding hydrogens is 368 g/mol. The van der Waals surface area contributed by atoms with Gasteiger partial charge in [0.1, 0.15) is 0 Å². The van der Waals surface area contributed by atoms with Gasteiger partial charge in [-0.3, -0.25) is 5.10 Å². The predicted molar refractivity (Wildman–Crippen MR) is 115 cm³/mol. The van der Waals surface area contributed by atoms with E-state index in [0.717, 1.165) is 28.9 Å². The molecule has 0 spiro atoms. The van der Waals surface area contributed by atoms with Crippen molar-refractivity contribution in [3.05, 3.63) is 88.2 Å². The zero-order chi connectivity index (χ0) is 19.6. The molecule has 1 N–H and O–H groups in total. The number of sulfone groups is 1. The van der Waals surface area contributed by atoms with Crippen molar-refractivity contribution >= 4 is 40.2 Å². The highest BCUT2D eigenvalue weighted by atomic mass is 32.2. The molecule has 0 bridgehead atoms. The van der Waals surface area contributed by atoms with Gasteiger partial charge in [-0.15, -0.1) is 0 Å². The SMILES string of the molecule is CS(=O)(=O)c1ccc(/C=C/c2cc(/C=C/c3ccc4c(c3)CC=C4)n[nH]2)cc1. The van der Waals surface area contributed by atoms with Crippen molar-refractivity contribution in [2.75, 3.05) is 6.26 Å². The molecule has 1 aliphatic carbocycles. The fraction of sp³-hybridized carbons (Fsp3) is 0.0870. The Labute approximate surface area is 164 Å². The van der Waals surface area contributed by atoms with Crippen LogP contribution in [0.2, 0.25) is 0 Å². The van der Waals surface area contributed by atoms with E-state index in [2.05, 4.69) is 46.6 Å². The highest BCUT2D eigenvalue weighted by molar-refractivity contribution is 7.90. The third-order valence-electron chi connectivity index (χ3n) is 4.63. The molecule has 1 heterocycles. The van der Waals surface area contributed by atoms with Crippen LogP contribution >= 0.6 is 0 Å². The van der Waals surface area contributed by atoms with Gasteiger partial charge in [-0.2, -0.15) is 5.10 Å². The van der Waals surface area contributed by atoms with Gasteiger partial charge in [-0.05, 0) is 59.0 Å². The Kier molecular flexibility index (Phi) is 4.84. The van der Waals surface area contributed by atoms with Crippen molar-refractivity contribution < 1.29 is 8.42 Å². The van der Waals surface area contributed by atoms with E-state index in [4.69, 9.17) is 0 Å². The van der Waals surface area contributed by atoms with Crippen molar-refractivity contribution in [3.8, 4) is 0 Å². The molecular formula is C23H20N2O2S. The van der Waals surface area contributed by atoms with Gasteiger partial charge in [0.25, 0.3) is 0 Å². The molecule has 0 fully saturated rings. The van der Waals surface area contributed by atoms with Gasteiger partial charge in [0.05, 0.1) is 16.3 Å². The minimum Gasteiger partial charge on any atom is -0.278 e. The smallest absolute Gasteiger partial charge is 0.175 e. The number of rotatable bonds is 5. The van der Waals surface area contributed by atoms with E-state index >= 15 is 0 Å². The minimum absolute atomic E-state index is 0.320. The van der Waals surface area contributed by atoms with Crippen LogP contribution in [0.25, 0.3) is 30.4 Å². The fourth-order valence-corrected chi connectivity index (χ4v) is 3.73. The first-order valence-corrected chi connectivity index (χ1v) is 10.9. The Morgan fingerprint density at radius 2 is 1.68 bits per heavy atom. The topological polar surface area (TPSA) is 62.8 Å². The second kappa shape index (κ2) is 7.44. The van der Waals surface area contributed by atoms with Crippen molar-refractivity contribution in [1.29, 1.82) is 0 Å². The van der Waals surface area contributed by atoms with Crippen LogP contribution in [-0.4, -0.2) is 24.9 Å². The molecule has 3 aromatic rings. The van der Waals surface area contributed by atoms with Crippen LogP contribution in [0, 0.1) is 0 Å². The highest BCUT2D eigenvalue weighted by Gasteiger charge is 2.06. The van der Waals surface area contributed by atoms with Crippen molar-refractivity contribution in [2.24, 2.45) is 0 Å². The van der Waals surface area contributed by atoms with E-state index in [0.29, 0.717) is 4.90 Å². The molecule has 0 radical (unpaired) electrons. The zero-order valence-corrected chi connectivity index (χ0v) is 16.3. The first-order chi connectivity index (χ1) is 13.5. The summed E-state index contributed by atoms with van der Waals surface area (Å²) in [7, 11) is -3.17. The second-order valence-electron chi connectivity index (χ2n) is 6.82. The van der Waals surface area contributed by atoms with Crippen molar-refractivity contribution in [2.45, 2.75) is 11.3 Å². The average molecular weight is 388 g/mol. The molecule has 4 nitrogen and oxygen atoms in total. The summed E-state index contributed by atoms with van der Waals surface area (Å²) in [6.07, 6.45) is 14.4. The summed E-state index contributed by atoms with van der Waals surface area (Å²) in [6, 6.07) is 15.2. The van der Waals surface area contributed by atoms with Crippen LogP contribution in [0.3, 0.4) is 0 Å². The van der Waals surface area contributed by atoms with E-state index < -0.39 is 9.84 Å². The quantitative estimate of drug-likeness (QED) is 0.688. The lowest BCUT2D eigenvalue weighted by Crippen LogP contribution is -1.95. The number of nitrogens with zero attached hydrogens (tertiary/aromatic N) is 1. The summed E-state index contributed by atoms with van der Waals surface area (Å²) in [4.78, 5) is 0.320. The summed E-state index contributed by atoms with van der Waals surface area (Å²) in [5.74, 6) is 0. The van der Waals surface area contributed by atoms with Gasteiger partial charge in [-0.25, -0.2) is 8.42 Å². The number of allylic oxidation sites excluding steroid dienone is 1. The third-order valence-corrected chi connectivity index (χ3v) is 5.76. The number of aromatic nitrogens is 2. The minimum atomic E-state index is -3.17. The number of hydrogen-bond acceptors (Lipinski definition) is 3. The van der Waals surface area contributed by atoms with Crippen LogP contribution in [0.15, 0.2) is 59.5 Å². The number of aromatic amines is 1. The van der Waals surface area contributed by atoms with Crippen LogP contribution in [-0.2, 0) is 16.3 Å². The zero-order valence-electron chi connectivity index (χ0n) is 15.5. The Balaban J connectivity index is 1.43. The lowest BCUT2D eigenvalue weighted by Gasteiger charge is -1.99. The van der Waals surface area contributed by atoms with Crippen LogP contribution in [0.4, 0.5) is 0 Å². The van der Waals surface area contributed by atoms with Gasteiger partial charge >= 0.3 is 0 Å². The molecule has 0 aliphatic heterocycles. The molecule has 5 heteroatoms. The monoisotopic (exact) mass is 388 g/mol. The molecule has 0 amide bonds. The summed E-state index contributed by atoms with van der Waals surface area (Å²) >= 11 is 0. The van der Waals surface area contributed by atoms with Crippen LogP contribution in [0.1, 0.15) is 33.6 Å². The highest BCUT2D eigenvalue weighted by Crippen LogP contribution is 2.21. The van der Waals surface area contributed by atoms with Gasteiger partial charge in [0.15, 0.2) is 9.84 Å². The summed E-state index contributed by atoms with van der Waals surface area (Å²) in [6.45, 7) is 0. The first kappa shape index (κ1) is 18.2. The van der Waals surface area contributed by atoms with E-state index in [1.165, 1.54) is 17.4 Å². The summed E-state index contributed by atoms with van der Waals surface area (Å²) in [5.41, 5.74) is 6.47. The Hall–Kier alpha value is -3.18. The number of hydrogen-bond donors (Lipinski definition) is 1. The molecule has 4 rings (SSSR count). The van der Waals surface area contributed by atoms with Gasteiger partial charge in [0.2, 0.25) is 0 Å². The molecule has 0 saturated heterocycles. The maximum absolute atomic E-state index is 11.5. The van der Waals surface area contributed by atoms with E-state index in [9.17, 15) is 8.42 Å². The maximum atomic E-state index is 11.5. The Morgan fingerprint density at radius 3 is 2.46 bits per heavy atom. The number of fused-ring (bicyclic) bond motifs is 1. The number of nitrogens with one attached hydrogen (secondary N) is 1. The predicted octanol–water partition coefficient (Wildman–Crippen LogP) is 4.72. The molecule has 1 aromatic heterocycles. The lowest BCUT2D eigenvalue weighted by atomic mass is 10.1. The van der Waals surface area contributed by atoms with E-state index in [-0.39, 0.29) is 0 Å². The molecule has 28 heavy (non-hydrogen) atoms. The maximum Gasteiger partial charge on any atom is 0.175 e. The molecule has 1 aliphatic rings. The number of H-pyrrole nitrogens is 1. The van der Waals surface area contributed by atoms with Crippen LogP contribution < -0.4 is 0 Å². The second-order valence-corrected chi connectivity index (χ2v) is 8.84. The van der Waals surface area contributed by atoms with E-state index in [1.54, 1.807) is 24.3 Å². The normalized spacial score (nSPS) is 13.6. The van der Waals surface area contributed by atoms with E-state index in [1.807, 2.05) is 24.3 Å². The fourth-order valence-electron chi connectivity index (χ4n) is 3.10. The molecule has 0 unspecified atom stereocenters. The largest absolute Gasteiger partial charge is 0.278 e. The average Bonchev–Trinajstić information content (AvgIpc) is 3.33. The van der Waals surface area contributed by atoms with Crippen molar-refractivity contribution in [1.82, 2.24) is 10.2 Å². The molecule has 0 saturated carbocycles. The molecule has 140 valence electrons.